The molecule has 3 rings (SSSR count). The van der Waals surface area contributed by atoms with Crippen molar-refractivity contribution in [1.29, 1.82) is 0 Å². The molecule has 0 aliphatic carbocycles. The normalized spacial score (nSPS) is 12.6. The highest BCUT2D eigenvalue weighted by Gasteiger charge is 2.12. The van der Waals surface area contributed by atoms with Gasteiger partial charge in [-0.25, -0.2) is 5.48 Å². The van der Waals surface area contributed by atoms with E-state index in [4.69, 9.17) is 4.84 Å². The highest BCUT2D eigenvalue weighted by Crippen LogP contribution is 2.31. The number of nitrogens with one attached hydrogen (secondary N) is 1. The van der Waals surface area contributed by atoms with Crippen LogP contribution in [0.15, 0.2) is 12.1 Å². The molecule has 0 amide bonds. The van der Waals surface area contributed by atoms with E-state index in [2.05, 4.69) is 19.3 Å². The van der Waals surface area contributed by atoms with Gasteiger partial charge in [0.05, 0.1) is 5.69 Å². The molecule has 0 atom stereocenters. The first-order chi connectivity index (χ1) is 4.79. The molecule has 2 heterocycles. The third kappa shape index (κ3) is 0.533. The topological polar surface area (TPSA) is 21.3 Å². The zero-order valence-corrected chi connectivity index (χ0v) is 6.06. The number of rotatable bonds is 0. The Bertz CT molecular complexity index is 252. The maximum atomic E-state index is 5.14. The molecule has 10 heavy (non-hydrogen) atoms. The number of benzene rings is 1. The quantitative estimate of drug-likeness (QED) is 0.587. The van der Waals surface area contributed by atoms with Gasteiger partial charge in [0.1, 0.15) is 0 Å². The summed E-state index contributed by atoms with van der Waals surface area (Å²) in [6, 6.07) is 4.01. The minimum absolute atomic E-state index is 0.938. The number of anilines is 1. The van der Waals surface area contributed by atoms with Gasteiger partial charge in [-0.05, 0) is 37.1 Å². The van der Waals surface area contributed by atoms with Crippen molar-refractivity contribution in [2.75, 3.05) is 5.48 Å². The van der Waals surface area contributed by atoms with Crippen LogP contribution in [0.3, 0.4) is 0 Å². The van der Waals surface area contributed by atoms with Crippen LogP contribution in [0.5, 0.6) is 5.75 Å². The SMILES string of the molecule is Cc1c2ccc(c1C)ON2. The Morgan fingerprint density at radius 1 is 1.20 bits per heavy atom. The lowest BCUT2D eigenvalue weighted by molar-refractivity contribution is 0.391. The Morgan fingerprint density at radius 3 is 2.30 bits per heavy atom. The highest BCUT2D eigenvalue weighted by molar-refractivity contribution is 5.60. The fraction of sp³-hybridized carbons (Fsp3) is 0.250. The van der Waals surface area contributed by atoms with E-state index in [9.17, 15) is 0 Å². The molecule has 0 unspecified atom stereocenters. The van der Waals surface area contributed by atoms with Crippen molar-refractivity contribution in [3.63, 3.8) is 0 Å². The molecule has 2 aliphatic heterocycles. The number of hydrogen-bond donors (Lipinski definition) is 1. The second-order valence-corrected chi connectivity index (χ2v) is 2.57. The average Bonchev–Trinajstić information content (AvgIpc) is 2.00. The predicted octanol–water partition coefficient (Wildman–Crippen LogP) is 2.02. The number of hydrogen-bond acceptors (Lipinski definition) is 2. The van der Waals surface area contributed by atoms with Crippen LogP contribution in [0, 0.1) is 13.8 Å². The lowest BCUT2D eigenvalue weighted by atomic mass is 10.1. The van der Waals surface area contributed by atoms with Crippen molar-refractivity contribution in [2.45, 2.75) is 13.8 Å². The van der Waals surface area contributed by atoms with Gasteiger partial charge in [-0.1, -0.05) is 0 Å². The maximum Gasteiger partial charge on any atom is 0.158 e. The van der Waals surface area contributed by atoms with Gasteiger partial charge in [0.15, 0.2) is 5.75 Å². The summed E-state index contributed by atoms with van der Waals surface area (Å²) in [6.07, 6.45) is 0. The van der Waals surface area contributed by atoms with Gasteiger partial charge in [-0.3, -0.25) is 0 Å². The summed E-state index contributed by atoms with van der Waals surface area (Å²) in [7, 11) is 0. The zero-order chi connectivity index (χ0) is 7.14. The van der Waals surface area contributed by atoms with Gasteiger partial charge >= 0.3 is 0 Å². The maximum absolute atomic E-state index is 5.14. The minimum atomic E-state index is 0.938. The fourth-order valence-corrected chi connectivity index (χ4v) is 1.13. The molecule has 0 saturated heterocycles. The highest BCUT2D eigenvalue weighted by atomic mass is 16.6. The van der Waals surface area contributed by atoms with Crippen molar-refractivity contribution in [3.05, 3.63) is 23.3 Å². The van der Waals surface area contributed by atoms with Crippen LogP contribution in [0.2, 0.25) is 0 Å². The second kappa shape index (κ2) is 1.66. The Balaban J connectivity index is 2.76. The molecule has 2 bridgehead atoms. The third-order valence-corrected chi connectivity index (χ3v) is 2.01. The van der Waals surface area contributed by atoms with Crippen LogP contribution in [-0.4, -0.2) is 0 Å². The standard InChI is InChI=1S/C8H9NO/c1-5-6(2)8-4-3-7(5)9-10-8/h3-4,9H,1-2H3. The van der Waals surface area contributed by atoms with E-state index in [1.54, 1.807) is 0 Å². The Morgan fingerprint density at radius 2 is 2.00 bits per heavy atom. The molecule has 1 aromatic rings. The van der Waals surface area contributed by atoms with Crippen LogP contribution in [0.1, 0.15) is 11.1 Å². The van der Waals surface area contributed by atoms with Crippen molar-refractivity contribution in [3.8, 4) is 5.75 Å². The average molecular weight is 135 g/mol. The van der Waals surface area contributed by atoms with Gasteiger partial charge in [-0.15, -0.1) is 0 Å². The molecule has 1 aromatic carbocycles. The van der Waals surface area contributed by atoms with Crippen molar-refractivity contribution in [2.24, 2.45) is 0 Å². The summed E-state index contributed by atoms with van der Waals surface area (Å²) in [5.74, 6) is 0.938. The van der Waals surface area contributed by atoms with E-state index >= 15 is 0 Å². The first kappa shape index (κ1) is 5.59. The van der Waals surface area contributed by atoms with Gasteiger partial charge < -0.3 is 4.84 Å². The van der Waals surface area contributed by atoms with Gasteiger partial charge in [0.25, 0.3) is 0 Å². The molecular formula is C8H9NO. The van der Waals surface area contributed by atoms with Crippen LogP contribution in [0.25, 0.3) is 0 Å². The summed E-state index contributed by atoms with van der Waals surface area (Å²) >= 11 is 0. The summed E-state index contributed by atoms with van der Waals surface area (Å²) in [5.41, 5.74) is 6.42. The van der Waals surface area contributed by atoms with Crippen LogP contribution >= 0.6 is 0 Å². The molecule has 52 valence electrons. The largest absolute Gasteiger partial charge is 0.382 e. The van der Waals surface area contributed by atoms with Crippen LogP contribution in [-0.2, 0) is 0 Å². The molecular weight excluding hydrogens is 126 g/mol. The van der Waals surface area contributed by atoms with E-state index in [-0.39, 0.29) is 0 Å². The van der Waals surface area contributed by atoms with Gasteiger partial charge in [0, 0.05) is 0 Å². The minimum Gasteiger partial charge on any atom is -0.382 e. The summed E-state index contributed by atoms with van der Waals surface area (Å²) < 4.78 is 0. The lowest BCUT2D eigenvalue weighted by Gasteiger charge is -2.20. The molecule has 0 fully saturated rings. The summed E-state index contributed by atoms with van der Waals surface area (Å²) in [6.45, 7) is 4.15. The smallest absolute Gasteiger partial charge is 0.158 e. The molecule has 0 saturated carbocycles. The van der Waals surface area contributed by atoms with Crippen molar-refractivity contribution >= 4 is 5.69 Å². The van der Waals surface area contributed by atoms with E-state index in [0.29, 0.717) is 0 Å². The molecule has 2 heteroatoms. The zero-order valence-electron chi connectivity index (χ0n) is 6.06. The Kier molecular flexibility index (Phi) is 0.926. The fourth-order valence-electron chi connectivity index (χ4n) is 1.13. The lowest BCUT2D eigenvalue weighted by Crippen LogP contribution is -2.13. The molecule has 0 aromatic heterocycles. The van der Waals surface area contributed by atoms with E-state index < -0.39 is 0 Å². The van der Waals surface area contributed by atoms with Gasteiger partial charge in [-0.2, -0.15) is 0 Å². The third-order valence-electron chi connectivity index (χ3n) is 2.01. The van der Waals surface area contributed by atoms with Crippen molar-refractivity contribution < 1.29 is 4.84 Å². The summed E-state index contributed by atoms with van der Waals surface area (Å²) in [4.78, 5) is 5.14. The summed E-state index contributed by atoms with van der Waals surface area (Å²) in [5, 5.41) is 0. The Hall–Kier alpha value is -1.18. The Labute approximate surface area is 59.8 Å². The van der Waals surface area contributed by atoms with Crippen LogP contribution in [0.4, 0.5) is 5.69 Å². The monoisotopic (exact) mass is 135 g/mol. The first-order valence-corrected chi connectivity index (χ1v) is 3.32. The molecule has 0 radical (unpaired) electrons. The first-order valence-electron chi connectivity index (χ1n) is 3.32. The van der Waals surface area contributed by atoms with E-state index in [1.165, 1.54) is 11.1 Å². The molecule has 2 aliphatic rings. The second-order valence-electron chi connectivity index (χ2n) is 2.57. The van der Waals surface area contributed by atoms with E-state index in [0.717, 1.165) is 11.4 Å². The molecule has 0 spiro atoms. The van der Waals surface area contributed by atoms with Gasteiger partial charge in [0.2, 0.25) is 0 Å². The van der Waals surface area contributed by atoms with E-state index in [1.807, 2.05) is 12.1 Å². The van der Waals surface area contributed by atoms with Crippen LogP contribution < -0.4 is 10.3 Å². The molecule has 1 N–H and O–H groups in total. The molecule has 2 nitrogen and oxygen atoms in total. The number of fused-ring (bicyclic) bond motifs is 3. The predicted molar refractivity (Wildman–Crippen MR) is 40.2 cm³/mol. The van der Waals surface area contributed by atoms with Crippen molar-refractivity contribution in [1.82, 2.24) is 0 Å².